The molecule has 1 N–H and O–H groups in total. The van der Waals surface area contributed by atoms with Gasteiger partial charge in [-0.1, -0.05) is 29.8 Å². The molecular weight excluding hydrogens is 354 g/mol. The minimum Gasteiger partial charge on any atom is -0.496 e. The number of Topliss-reactive ketones (excluding diaryl/α,β-unsaturated/α-hetero) is 1. The van der Waals surface area contributed by atoms with E-state index in [4.69, 9.17) is 21.1 Å². The van der Waals surface area contributed by atoms with Gasteiger partial charge in [0.2, 0.25) is 5.78 Å². The second-order valence-corrected chi connectivity index (χ2v) is 6.31. The van der Waals surface area contributed by atoms with Gasteiger partial charge in [-0.15, -0.1) is 0 Å². The summed E-state index contributed by atoms with van der Waals surface area (Å²) < 4.78 is 10.6. The first-order chi connectivity index (χ1) is 12.5. The quantitative estimate of drug-likeness (QED) is 0.521. The van der Waals surface area contributed by atoms with Crippen molar-refractivity contribution in [1.29, 1.82) is 0 Å². The molecule has 0 aliphatic carbocycles. The van der Waals surface area contributed by atoms with Crippen molar-refractivity contribution in [2.75, 3.05) is 7.11 Å². The number of H-pyrrole nitrogens is 1. The molecule has 0 spiro atoms. The molecule has 1 atom stereocenters. The third-order valence-electron chi connectivity index (χ3n) is 4.11. The van der Waals surface area contributed by atoms with Crippen LogP contribution < -0.4 is 4.74 Å². The fraction of sp³-hybridized carbons (Fsp3) is 0.200. The van der Waals surface area contributed by atoms with Crippen LogP contribution in [0.15, 0.2) is 48.7 Å². The molecule has 26 heavy (non-hydrogen) atoms. The number of hydrogen-bond acceptors (Lipinski definition) is 4. The fourth-order valence-corrected chi connectivity index (χ4v) is 3.02. The number of aromatic nitrogens is 1. The molecule has 0 fully saturated rings. The van der Waals surface area contributed by atoms with Crippen LogP contribution in [0.3, 0.4) is 0 Å². The van der Waals surface area contributed by atoms with Gasteiger partial charge in [0.05, 0.1) is 13.5 Å². The van der Waals surface area contributed by atoms with Crippen LogP contribution in [0.4, 0.5) is 0 Å². The highest BCUT2D eigenvalue weighted by Crippen LogP contribution is 2.24. The van der Waals surface area contributed by atoms with Crippen molar-refractivity contribution >= 4 is 34.3 Å². The highest BCUT2D eigenvalue weighted by atomic mass is 35.5. The number of nitrogens with one attached hydrogen (secondary N) is 1. The maximum Gasteiger partial charge on any atom is 0.311 e. The van der Waals surface area contributed by atoms with Gasteiger partial charge in [0.25, 0.3) is 0 Å². The smallest absolute Gasteiger partial charge is 0.311 e. The molecule has 0 saturated heterocycles. The number of hydrogen-bond donors (Lipinski definition) is 1. The topological polar surface area (TPSA) is 68.4 Å². The molecule has 0 radical (unpaired) electrons. The van der Waals surface area contributed by atoms with Crippen LogP contribution in [0.25, 0.3) is 10.9 Å². The number of carbonyl (C=O) groups is 2. The number of methoxy groups -OCH3 is 1. The average molecular weight is 372 g/mol. The lowest BCUT2D eigenvalue weighted by Crippen LogP contribution is -2.25. The van der Waals surface area contributed by atoms with E-state index in [1.54, 1.807) is 31.3 Å². The van der Waals surface area contributed by atoms with Gasteiger partial charge in [0, 0.05) is 33.2 Å². The number of para-hydroxylation sites is 1. The molecule has 6 heteroatoms. The Hall–Kier alpha value is -2.79. The van der Waals surface area contributed by atoms with Crippen LogP contribution in [0.1, 0.15) is 22.8 Å². The molecule has 0 saturated carbocycles. The van der Waals surface area contributed by atoms with Crippen LogP contribution in [-0.4, -0.2) is 30.0 Å². The molecular formula is C20H18ClNO4. The van der Waals surface area contributed by atoms with E-state index in [2.05, 4.69) is 4.98 Å². The van der Waals surface area contributed by atoms with Crippen LogP contribution >= 0.6 is 11.6 Å². The summed E-state index contributed by atoms with van der Waals surface area (Å²) in [7, 11) is 1.52. The summed E-state index contributed by atoms with van der Waals surface area (Å²) in [6.45, 7) is 1.57. The molecule has 0 unspecified atom stereocenters. The second kappa shape index (κ2) is 7.62. The number of ether oxygens (including phenoxy) is 2. The molecule has 134 valence electrons. The van der Waals surface area contributed by atoms with E-state index in [-0.39, 0.29) is 12.2 Å². The van der Waals surface area contributed by atoms with Gasteiger partial charge in [-0.05, 0) is 31.2 Å². The maximum absolute atomic E-state index is 12.6. The van der Waals surface area contributed by atoms with Crippen molar-refractivity contribution in [3.8, 4) is 5.75 Å². The fourth-order valence-electron chi connectivity index (χ4n) is 2.83. The Kier molecular flexibility index (Phi) is 5.28. The Morgan fingerprint density at radius 1 is 1.19 bits per heavy atom. The van der Waals surface area contributed by atoms with Crippen molar-refractivity contribution in [3.63, 3.8) is 0 Å². The zero-order valence-corrected chi connectivity index (χ0v) is 15.2. The first-order valence-corrected chi connectivity index (χ1v) is 8.49. The predicted molar refractivity (Wildman–Crippen MR) is 99.9 cm³/mol. The van der Waals surface area contributed by atoms with E-state index in [1.807, 2.05) is 24.3 Å². The number of aromatic amines is 1. The van der Waals surface area contributed by atoms with E-state index in [9.17, 15) is 9.59 Å². The SMILES string of the molecule is COc1ccc(Cl)cc1CC(=O)O[C@H](C)C(=O)c1c[nH]c2ccccc12. The molecule has 1 aromatic heterocycles. The van der Waals surface area contributed by atoms with Crippen LogP contribution in [0, 0.1) is 0 Å². The number of benzene rings is 2. The van der Waals surface area contributed by atoms with Crippen LogP contribution in [-0.2, 0) is 16.0 Å². The molecule has 0 aliphatic rings. The Morgan fingerprint density at radius 3 is 2.73 bits per heavy atom. The monoisotopic (exact) mass is 371 g/mol. The van der Waals surface area contributed by atoms with Crippen molar-refractivity contribution < 1.29 is 19.1 Å². The summed E-state index contributed by atoms with van der Waals surface area (Å²) in [5, 5.41) is 1.30. The van der Waals surface area contributed by atoms with E-state index < -0.39 is 12.1 Å². The molecule has 1 heterocycles. The number of fused-ring (bicyclic) bond motifs is 1. The molecule has 0 amide bonds. The Balaban J connectivity index is 1.71. The van der Waals surface area contributed by atoms with E-state index in [1.165, 1.54) is 7.11 Å². The van der Waals surface area contributed by atoms with Crippen LogP contribution in [0.2, 0.25) is 5.02 Å². The predicted octanol–water partition coefficient (Wildman–Crippen LogP) is 4.19. The number of rotatable bonds is 6. The molecule has 2 aromatic carbocycles. The highest BCUT2D eigenvalue weighted by Gasteiger charge is 2.23. The van der Waals surface area contributed by atoms with E-state index in [0.717, 1.165) is 10.9 Å². The normalized spacial score (nSPS) is 12.0. The van der Waals surface area contributed by atoms with Crippen molar-refractivity contribution in [1.82, 2.24) is 4.98 Å². The van der Waals surface area contributed by atoms with Gasteiger partial charge in [0.1, 0.15) is 5.75 Å². The molecule has 0 aliphatic heterocycles. The standard InChI is InChI=1S/C20H18ClNO4/c1-12(20(24)16-11-22-17-6-4-3-5-15(16)17)26-19(23)10-13-9-14(21)7-8-18(13)25-2/h3-9,11-12,22H,10H2,1-2H3/t12-/m1/s1. The number of carbonyl (C=O) groups excluding carboxylic acids is 2. The van der Waals surface area contributed by atoms with Gasteiger partial charge in [0.15, 0.2) is 6.10 Å². The lowest BCUT2D eigenvalue weighted by atomic mass is 10.1. The molecule has 5 nitrogen and oxygen atoms in total. The Morgan fingerprint density at radius 2 is 1.96 bits per heavy atom. The average Bonchev–Trinajstić information content (AvgIpc) is 3.05. The Labute approximate surface area is 155 Å². The highest BCUT2D eigenvalue weighted by molar-refractivity contribution is 6.30. The maximum atomic E-state index is 12.6. The largest absolute Gasteiger partial charge is 0.496 e. The summed E-state index contributed by atoms with van der Waals surface area (Å²) in [4.78, 5) is 27.9. The molecule has 0 bridgehead atoms. The third kappa shape index (κ3) is 3.73. The summed E-state index contributed by atoms with van der Waals surface area (Å²) >= 11 is 5.97. The summed E-state index contributed by atoms with van der Waals surface area (Å²) in [6.07, 6.45) is 0.707. The second-order valence-electron chi connectivity index (χ2n) is 5.88. The summed E-state index contributed by atoms with van der Waals surface area (Å²) in [5.41, 5.74) is 1.97. The number of halogens is 1. The van der Waals surface area contributed by atoms with Gasteiger partial charge >= 0.3 is 5.97 Å². The zero-order chi connectivity index (χ0) is 18.7. The van der Waals surface area contributed by atoms with Crippen LogP contribution in [0.5, 0.6) is 5.75 Å². The van der Waals surface area contributed by atoms with Gasteiger partial charge < -0.3 is 14.5 Å². The Bertz CT molecular complexity index is 963. The number of esters is 1. The lowest BCUT2D eigenvalue weighted by molar-refractivity contribution is -0.145. The lowest BCUT2D eigenvalue weighted by Gasteiger charge is -2.13. The van der Waals surface area contributed by atoms with Crippen molar-refractivity contribution in [3.05, 3.63) is 64.8 Å². The first-order valence-electron chi connectivity index (χ1n) is 8.12. The summed E-state index contributed by atoms with van der Waals surface area (Å²) in [6, 6.07) is 12.5. The van der Waals surface area contributed by atoms with Crippen molar-refractivity contribution in [2.24, 2.45) is 0 Å². The molecule has 3 aromatic rings. The summed E-state index contributed by atoms with van der Waals surface area (Å²) in [5.74, 6) is -0.234. The van der Waals surface area contributed by atoms with Gasteiger partial charge in [-0.25, -0.2) is 0 Å². The zero-order valence-electron chi connectivity index (χ0n) is 14.4. The number of ketones is 1. The minimum atomic E-state index is -0.896. The first kappa shape index (κ1) is 18.0. The van der Waals surface area contributed by atoms with Crippen molar-refractivity contribution in [2.45, 2.75) is 19.4 Å². The van der Waals surface area contributed by atoms with E-state index in [0.29, 0.717) is 21.9 Å². The van der Waals surface area contributed by atoms with E-state index >= 15 is 0 Å². The minimum absolute atomic E-state index is 0.0325. The van der Waals surface area contributed by atoms with Gasteiger partial charge in [-0.3, -0.25) is 9.59 Å². The van der Waals surface area contributed by atoms with Gasteiger partial charge in [-0.2, -0.15) is 0 Å². The molecule has 3 rings (SSSR count). The third-order valence-corrected chi connectivity index (χ3v) is 4.34.